The molecule has 0 aliphatic heterocycles. The molecule has 0 N–H and O–H groups in total. The maximum absolute atomic E-state index is 9.22. The van der Waals surface area contributed by atoms with Crippen LogP contribution in [0.4, 0.5) is 0 Å². The lowest BCUT2D eigenvalue weighted by atomic mass is 10.2. The quantitative estimate of drug-likeness (QED) is 0.695. The molecule has 0 bridgehead atoms. The zero-order valence-corrected chi connectivity index (χ0v) is 12.4. The van der Waals surface area contributed by atoms with Crippen LogP contribution in [0, 0.1) is 11.3 Å². The Bertz CT molecular complexity index is 824. The van der Waals surface area contributed by atoms with Gasteiger partial charge in [-0.15, -0.1) is 11.6 Å². The van der Waals surface area contributed by atoms with Crippen LogP contribution in [0.25, 0.3) is 11.0 Å². The Morgan fingerprint density at radius 1 is 1.38 bits per heavy atom. The van der Waals surface area contributed by atoms with Gasteiger partial charge in [0.25, 0.3) is 0 Å². The van der Waals surface area contributed by atoms with Crippen LogP contribution in [0.2, 0.25) is 0 Å². The SMILES string of the molecule is Cn1cc(Cn2c(CCCl)nc3c(C#N)cccc32)cn1. The molecule has 0 aliphatic rings. The number of rotatable bonds is 4. The monoisotopic (exact) mass is 299 g/mol. The lowest BCUT2D eigenvalue weighted by molar-refractivity contribution is 0.747. The van der Waals surface area contributed by atoms with Crippen molar-refractivity contribution < 1.29 is 0 Å². The predicted octanol–water partition coefficient (Wildman–Crippen LogP) is 2.47. The minimum atomic E-state index is 0.498. The van der Waals surface area contributed by atoms with Crippen LogP contribution in [0.5, 0.6) is 0 Å². The summed E-state index contributed by atoms with van der Waals surface area (Å²) in [6.07, 6.45) is 4.48. The lowest BCUT2D eigenvalue weighted by Gasteiger charge is -2.06. The highest BCUT2D eigenvalue weighted by atomic mass is 35.5. The third-order valence-corrected chi connectivity index (χ3v) is 3.58. The first kappa shape index (κ1) is 13.7. The molecule has 2 aromatic heterocycles. The number of hydrogen-bond acceptors (Lipinski definition) is 3. The van der Waals surface area contributed by atoms with Gasteiger partial charge in [0.15, 0.2) is 0 Å². The average molecular weight is 300 g/mol. The number of imidazole rings is 1. The first-order valence-electron chi connectivity index (χ1n) is 6.64. The van der Waals surface area contributed by atoms with Crippen molar-refractivity contribution in [2.75, 3.05) is 5.88 Å². The largest absolute Gasteiger partial charge is 0.323 e. The summed E-state index contributed by atoms with van der Waals surface area (Å²) in [5.74, 6) is 1.39. The van der Waals surface area contributed by atoms with Crippen molar-refractivity contribution in [1.29, 1.82) is 5.26 Å². The molecule has 0 saturated heterocycles. The summed E-state index contributed by atoms with van der Waals surface area (Å²) >= 11 is 5.88. The Balaban J connectivity index is 2.14. The van der Waals surface area contributed by atoms with Gasteiger partial charge in [0, 0.05) is 31.1 Å². The van der Waals surface area contributed by atoms with Crippen molar-refractivity contribution in [3.8, 4) is 6.07 Å². The standard InChI is InChI=1S/C15H14ClN5/c1-20-9-11(8-18-20)10-21-13-4-2-3-12(7-17)15(13)19-14(21)5-6-16/h2-4,8-9H,5-6,10H2,1H3. The highest BCUT2D eigenvalue weighted by molar-refractivity contribution is 6.17. The fraction of sp³-hybridized carbons (Fsp3) is 0.267. The van der Waals surface area contributed by atoms with Crippen LogP contribution in [-0.2, 0) is 20.0 Å². The molecule has 0 fully saturated rings. The number of halogens is 1. The molecule has 3 rings (SSSR count). The Morgan fingerprint density at radius 2 is 2.24 bits per heavy atom. The highest BCUT2D eigenvalue weighted by Crippen LogP contribution is 2.21. The molecule has 0 unspecified atom stereocenters. The molecule has 0 aliphatic carbocycles. The maximum atomic E-state index is 9.22. The fourth-order valence-electron chi connectivity index (χ4n) is 2.47. The predicted molar refractivity (Wildman–Crippen MR) is 81.2 cm³/mol. The Labute approximate surface area is 127 Å². The first-order valence-corrected chi connectivity index (χ1v) is 7.18. The van der Waals surface area contributed by atoms with Crippen molar-refractivity contribution >= 4 is 22.6 Å². The summed E-state index contributed by atoms with van der Waals surface area (Å²) < 4.78 is 3.88. The topological polar surface area (TPSA) is 59.4 Å². The molecule has 5 nitrogen and oxygen atoms in total. The number of fused-ring (bicyclic) bond motifs is 1. The van der Waals surface area contributed by atoms with E-state index in [-0.39, 0.29) is 0 Å². The second-order valence-electron chi connectivity index (χ2n) is 4.86. The normalized spacial score (nSPS) is 10.9. The van der Waals surface area contributed by atoms with Gasteiger partial charge in [-0.1, -0.05) is 6.07 Å². The first-order chi connectivity index (χ1) is 10.2. The van der Waals surface area contributed by atoms with Crippen LogP contribution >= 0.6 is 11.6 Å². The van der Waals surface area contributed by atoms with Crippen molar-refractivity contribution in [2.45, 2.75) is 13.0 Å². The third kappa shape index (κ3) is 2.50. The van der Waals surface area contributed by atoms with Gasteiger partial charge < -0.3 is 4.57 Å². The Hall–Kier alpha value is -2.32. The van der Waals surface area contributed by atoms with Crippen LogP contribution in [-0.4, -0.2) is 25.2 Å². The number of alkyl halides is 1. The highest BCUT2D eigenvalue weighted by Gasteiger charge is 2.14. The van der Waals surface area contributed by atoms with Gasteiger partial charge >= 0.3 is 0 Å². The molecule has 1 aromatic carbocycles. The van der Waals surface area contributed by atoms with E-state index >= 15 is 0 Å². The van der Waals surface area contributed by atoms with Crippen molar-refractivity contribution in [3.05, 3.63) is 47.5 Å². The number of hydrogen-bond donors (Lipinski definition) is 0. The van der Waals surface area contributed by atoms with E-state index in [1.165, 1.54) is 0 Å². The molecule has 0 saturated carbocycles. The van der Waals surface area contributed by atoms with Gasteiger partial charge in [-0.3, -0.25) is 4.68 Å². The van der Waals surface area contributed by atoms with Gasteiger partial charge in [-0.2, -0.15) is 10.4 Å². The minimum Gasteiger partial charge on any atom is -0.323 e. The molecule has 0 atom stereocenters. The van der Waals surface area contributed by atoms with E-state index in [0.717, 1.165) is 22.4 Å². The summed E-state index contributed by atoms with van der Waals surface area (Å²) in [6, 6.07) is 7.85. The molecule has 106 valence electrons. The summed E-state index contributed by atoms with van der Waals surface area (Å²) in [7, 11) is 1.89. The van der Waals surface area contributed by atoms with E-state index in [2.05, 4.69) is 20.7 Å². The number of aromatic nitrogens is 4. The van der Waals surface area contributed by atoms with Gasteiger partial charge in [-0.25, -0.2) is 4.98 Å². The number of para-hydroxylation sites is 1. The molecule has 0 spiro atoms. The number of nitriles is 1. The summed E-state index contributed by atoms with van der Waals surface area (Å²) in [4.78, 5) is 4.60. The van der Waals surface area contributed by atoms with E-state index in [1.54, 1.807) is 10.7 Å². The van der Waals surface area contributed by atoms with Crippen LogP contribution < -0.4 is 0 Å². The van der Waals surface area contributed by atoms with Crippen molar-refractivity contribution in [1.82, 2.24) is 19.3 Å². The summed E-state index contributed by atoms with van der Waals surface area (Å²) in [6.45, 7) is 0.672. The van der Waals surface area contributed by atoms with E-state index < -0.39 is 0 Å². The number of nitrogens with zero attached hydrogens (tertiary/aromatic N) is 5. The van der Waals surface area contributed by atoms with E-state index in [9.17, 15) is 5.26 Å². The zero-order chi connectivity index (χ0) is 14.8. The average Bonchev–Trinajstić information content (AvgIpc) is 3.04. The lowest BCUT2D eigenvalue weighted by Crippen LogP contribution is -2.05. The van der Waals surface area contributed by atoms with E-state index in [0.29, 0.717) is 24.4 Å². The Kier molecular flexibility index (Phi) is 3.63. The maximum Gasteiger partial charge on any atom is 0.111 e. The summed E-state index contributed by atoms with van der Waals surface area (Å²) in [5, 5.41) is 13.4. The van der Waals surface area contributed by atoms with Crippen molar-refractivity contribution in [3.63, 3.8) is 0 Å². The molecular formula is C15H14ClN5. The zero-order valence-electron chi connectivity index (χ0n) is 11.6. The fourth-order valence-corrected chi connectivity index (χ4v) is 2.64. The van der Waals surface area contributed by atoms with Gasteiger partial charge in [0.1, 0.15) is 17.4 Å². The van der Waals surface area contributed by atoms with Crippen LogP contribution in [0.1, 0.15) is 17.0 Å². The molecule has 3 aromatic rings. The van der Waals surface area contributed by atoms with E-state index in [1.807, 2.05) is 31.6 Å². The van der Waals surface area contributed by atoms with Gasteiger partial charge in [0.05, 0.1) is 23.8 Å². The second-order valence-corrected chi connectivity index (χ2v) is 5.24. The molecular weight excluding hydrogens is 286 g/mol. The Morgan fingerprint density at radius 3 is 2.90 bits per heavy atom. The minimum absolute atomic E-state index is 0.498. The van der Waals surface area contributed by atoms with Crippen molar-refractivity contribution in [2.24, 2.45) is 7.05 Å². The number of benzene rings is 1. The molecule has 6 heteroatoms. The second kappa shape index (κ2) is 5.58. The third-order valence-electron chi connectivity index (χ3n) is 3.40. The van der Waals surface area contributed by atoms with Crippen LogP contribution in [0.15, 0.2) is 30.6 Å². The van der Waals surface area contributed by atoms with E-state index in [4.69, 9.17) is 11.6 Å². The van der Waals surface area contributed by atoms with Gasteiger partial charge in [-0.05, 0) is 12.1 Å². The molecule has 21 heavy (non-hydrogen) atoms. The molecule has 2 heterocycles. The summed E-state index contributed by atoms with van der Waals surface area (Å²) in [5.41, 5.74) is 3.38. The van der Waals surface area contributed by atoms with Gasteiger partial charge in [0.2, 0.25) is 0 Å². The molecule has 0 amide bonds. The van der Waals surface area contributed by atoms with Crippen LogP contribution in [0.3, 0.4) is 0 Å². The molecule has 0 radical (unpaired) electrons. The smallest absolute Gasteiger partial charge is 0.111 e. The number of aryl methyl sites for hydroxylation is 2.